The quantitative estimate of drug-likeness (QED) is 0.552. The maximum atomic E-state index is 12.1. The number of halogens is 8. The first kappa shape index (κ1) is 13.1. The van der Waals surface area contributed by atoms with Crippen molar-refractivity contribution < 1.29 is 31.1 Å². The van der Waals surface area contributed by atoms with Gasteiger partial charge in [-0.3, -0.25) is 4.74 Å². The molecule has 0 aromatic heterocycles. The molecular weight excluding hydrogens is 249 g/mol. The van der Waals surface area contributed by atoms with Crippen molar-refractivity contribution in [3.63, 3.8) is 0 Å². The van der Waals surface area contributed by atoms with Crippen molar-refractivity contribution >= 4 is 23.2 Å². The number of alkyl halides is 8. The molecule has 0 aliphatic rings. The fourth-order valence-electron chi connectivity index (χ4n) is 0.369. The van der Waals surface area contributed by atoms with E-state index in [-0.39, 0.29) is 0 Å². The van der Waals surface area contributed by atoms with Gasteiger partial charge in [0.2, 0.25) is 5.02 Å². The Morgan fingerprint density at radius 3 is 1.62 bits per heavy atom. The Labute approximate surface area is 78.5 Å². The first-order valence-corrected chi connectivity index (χ1v) is 3.49. The molecule has 0 radical (unpaired) electrons. The Balaban J connectivity index is 4.45. The molecule has 13 heavy (non-hydrogen) atoms. The number of ether oxygens (including phenoxy) is 1. The van der Waals surface area contributed by atoms with Crippen LogP contribution in [0.4, 0.5) is 26.3 Å². The molecule has 0 aliphatic heterocycles. The minimum absolute atomic E-state index is 2.24. The Bertz CT molecular complexity index is 169. The lowest BCUT2D eigenvalue weighted by molar-refractivity contribution is -0.334. The summed E-state index contributed by atoms with van der Waals surface area (Å²) in [5, 5.41) is -2.24. The molecule has 0 aliphatic carbocycles. The molecule has 0 amide bonds. The van der Waals surface area contributed by atoms with E-state index in [1.165, 1.54) is 0 Å². The van der Waals surface area contributed by atoms with E-state index in [2.05, 4.69) is 27.9 Å². The fraction of sp³-hybridized carbons (Fsp3) is 1.00. The van der Waals surface area contributed by atoms with Gasteiger partial charge >= 0.3 is 12.3 Å². The van der Waals surface area contributed by atoms with E-state index in [1.54, 1.807) is 0 Å². The molecule has 0 aromatic carbocycles. The summed E-state index contributed by atoms with van der Waals surface area (Å²) in [4.78, 5) is 0. The van der Waals surface area contributed by atoms with Gasteiger partial charge in [-0.25, -0.2) is 4.39 Å². The van der Waals surface area contributed by atoms with Crippen LogP contribution in [0.15, 0.2) is 0 Å². The summed E-state index contributed by atoms with van der Waals surface area (Å²) in [6, 6.07) is 0. The summed E-state index contributed by atoms with van der Waals surface area (Å²) in [6.07, 6.45) is -15.3. The van der Waals surface area contributed by atoms with Crippen LogP contribution in [0.25, 0.3) is 0 Å². The average molecular weight is 251 g/mol. The van der Waals surface area contributed by atoms with E-state index in [9.17, 15) is 26.3 Å². The van der Waals surface area contributed by atoms with Gasteiger partial charge in [0.1, 0.15) is 0 Å². The second kappa shape index (κ2) is 4.10. The van der Waals surface area contributed by atoms with Crippen molar-refractivity contribution in [3.8, 4) is 0 Å². The van der Waals surface area contributed by atoms with Crippen LogP contribution in [-0.2, 0) is 4.74 Å². The van der Waals surface area contributed by atoms with Crippen molar-refractivity contribution in [2.75, 3.05) is 0 Å². The molecule has 80 valence electrons. The van der Waals surface area contributed by atoms with Gasteiger partial charge in [0.05, 0.1) is 0 Å². The van der Waals surface area contributed by atoms with Gasteiger partial charge in [-0.15, -0.1) is 0 Å². The normalized spacial score (nSPS) is 16.4. The summed E-state index contributed by atoms with van der Waals surface area (Å²) in [5.41, 5.74) is 0. The van der Waals surface area contributed by atoms with E-state index < -0.39 is 23.5 Å². The third kappa shape index (κ3) is 4.24. The topological polar surface area (TPSA) is 9.23 Å². The van der Waals surface area contributed by atoms with E-state index >= 15 is 0 Å². The van der Waals surface area contributed by atoms with E-state index in [0.29, 0.717) is 0 Å². The molecule has 9 heteroatoms. The Hall–Kier alpha value is 0.120. The van der Waals surface area contributed by atoms with E-state index in [0.717, 1.165) is 0 Å². The first-order valence-electron chi connectivity index (χ1n) is 2.62. The summed E-state index contributed by atoms with van der Waals surface area (Å²) < 4.78 is 73.2. The van der Waals surface area contributed by atoms with Gasteiger partial charge < -0.3 is 0 Å². The molecular formula is C4H2Cl2F6O. The minimum atomic E-state index is -5.73. The van der Waals surface area contributed by atoms with E-state index in [4.69, 9.17) is 0 Å². The van der Waals surface area contributed by atoms with Crippen LogP contribution in [0.2, 0.25) is 0 Å². The zero-order valence-electron chi connectivity index (χ0n) is 5.59. The van der Waals surface area contributed by atoms with Crippen LogP contribution >= 0.6 is 23.2 Å². The predicted molar refractivity (Wildman–Crippen MR) is 32.5 cm³/mol. The molecule has 0 N–H and O–H groups in total. The maximum Gasteiger partial charge on any atom is 0.428 e. The molecule has 0 saturated heterocycles. The standard InChI is InChI=1S/C4H2Cl2F6O/c5-2(6)13-4(11,12)1(7)3(8,9)10/h1-2H/t1-/m1/s1. The molecule has 0 fully saturated rings. The smallest absolute Gasteiger partial charge is 0.284 e. The number of rotatable bonds is 3. The third-order valence-corrected chi connectivity index (χ3v) is 1.01. The van der Waals surface area contributed by atoms with Crippen LogP contribution in [-0.4, -0.2) is 23.5 Å². The lowest BCUT2D eigenvalue weighted by atomic mass is 10.3. The highest BCUT2D eigenvalue weighted by Gasteiger charge is 2.58. The van der Waals surface area contributed by atoms with Gasteiger partial charge in [0.15, 0.2) is 0 Å². The molecule has 0 unspecified atom stereocenters. The zero-order chi connectivity index (χ0) is 10.9. The van der Waals surface area contributed by atoms with Gasteiger partial charge in [0, 0.05) is 0 Å². The zero-order valence-corrected chi connectivity index (χ0v) is 7.10. The monoisotopic (exact) mass is 250 g/mol. The van der Waals surface area contributed by atoms with Gasteiger partial charge in [-0.2, -0.15) is 22.0 Å². The molecule has 1 nitrogen and oxygen atoms in total. The van der Waals surface area contributed by atoms with Crippen molar-refractivity contribution in [1.29, 1.82) is 0 Å². The molecule has 0 spiro atoms. The van der Waals surface area contributed by atoms with Gasteiger partial charge in [-0.1, -0.05) is 23.2 Å². The lowest BCUT2D eigenvalue weighted by Crippen LogP contribution is -2.44. The van der Waals surface area contributed by atoms with Crippen molar-refractivity contribution in [2.24, 2.45) is 0 Å². The maximum absolute atomic E-state index is 12.1. The highest BCUT2D eigenvalue weighted by Crippen LogP contribution is 2.37. The summed E-state index contributed by atoms with van der Waals surface area (Å²) in [6.45, 7) is 0. The van der Waals surface area contributed by atoms with Crippen LogP contribution < -0.4 is 0 Å². The Morgan fingerprint density at radius 2 is 1.38 bits per heavy atom. The molecule has 1 atom stereocenters. The minimum Gasteiger partial charge on any atom is -0.284 e. The highest BCUT2D eigenvalue weighted by atomic mass is 35.5. The van der Waals surface area contributed by atoms with Crippen LogP contribution in [0.3, 0.4) is 0 Å². The average Bonchev–Trinajstić information content (AvgIpc) is 1.80. The second-order valence-corrected chi connectivity index (χ2v) is 2.86. The van der Waals surface area contributed by atoms with Gasteiger partial charge in [0.25, 0.3) is 6.17 Å². The number of hydrogen-bond donors (Lipinski definition) is 0. The SMILES string of the molecule is F[C@H](C(F)(F)F)C(F)(F)OC(Cl)Cl. The van der Waals surface area contributed by atoms with E-state index in [1.807, 2.05) is 0 Å². The third-order valence-electron chi connectivity index (χ3n) is 0.829. The first-order chi connectivity index (χ1) is 5.57. The molecule has 0 heterocycles. The fourth-order valence-corrected chi connectivity index (χ4v) is 0.607. The molecule has 0 aromatic rings. The molecule has 0 saturated carbocycles. The Kier molecular flexibility index (Phi) is 4.14. The molecule has 0 rings (SSSR count). The van der Waals surface area contributed by atoms with Crippen molar-refractivity contribution in [2.45, 2.75) is 23.5 Å². The Morgan fingerprint density at radius 1 is 1.00 bits per heavy atom. The van der Waals surface area contributed by atoms with Gasteiger partial charge in [-0.05, 0) is 0 Å². The second-order valence-electron chi connectivity index (χ2n) is 1.84. The summed E-state index contributed by atoms with van der Waals surface area (Å²) >= 11 is 9.17. The van der Waals surface area contributed by atoms with Crippen LogP contribution in [0.5, 0.6) is 0 Å². The lowest BCUT2D eigenvalue weighted by Gasteiger charge is -2.22. The summed E-state index contributed by atoms with van der Waals surface area (Å²) in [5.74, 6) is 0. The predicted octanol–water partition coefficient (Wildman–Crippen LogP) is 3.26. The largest absolute Gasteiger partial charge is 0.428 e. The molecule has 0 bridgehead atoms. The van der Waals surface area contributed by atoms with Crippen molar-refractivity contribution in [1.82, 2.24) is 0 Å². The van der Waals surface area contributed by atoms with Crippen molar-refractivity contribution in [3.05, 3.63) is 0 Å². The summed E-state index contributed by atoms with van der Waals surface area (Å²) in [7, 11) is 0. The highest BCUT2D eigenvalue weighted by molar-refractivity contribution is 6.43. The van der Waals surface area contributed by atoms with Crippen LogP contribution in [0.1, 0.15) is 0 Å². The van der Waals surface area contributed by atoms with Crippen LogP contribution in [0, 0.1) is 0 Å². The number of hydrogen-bond acceptors (Lipinski definition) is 1.